The maximum Gasteiger partial charge on any atom is 0.229 e. The predicted molar refractivity (Wildman–Crippen MR) is 97.0 cm³/mol. The van der Waals surface area contributed by atoms with E-state index in [1.165, 1.54) is 0 Å². The Kier molecular flexibility index (Phi) is 6.61. The molecule has 0 saturated carbocycles. The van der Waals surface area contributed by atoms with Gasteiger partial charge in [0, 0.05) is 18.7 Å². The van der Waals surface area contributed by atoms with Gasteiger partial charge in [0.05, 0.1) is 23.4 Å². The molecule has 0 aliphatic rings. The first-order valence-electron chi connectivity index (χ1n) is 8.13. The lowest BCUT2D eigenvalue weighted by atomic mass is 10.2. The van der Waals surface area contributed by atoms with Crippen LogP contribution in [-0.2, 0) is 0 Å². The molecule has 5 heteroatoms. The van der Waals surface area contributed by atoms with Crippen LogP contribution in [0.15, 0.2) is 30.5 Å². The molecule has 24 heavy (non-hydrogen) atoms. The maximum absolute atomic E-state index is 8.83. The van der Waals surface area contributed by atoms with Crippen LogP contribution < -0.4 is 10.6 Å². The van der Waals surface area contributed by atoms with Gasteiger partial charge in [0.15, 0.2) is 0 Å². The molecule has 0 unspecified atom stereocenters. The van der Waals surface area contributed by atoms with E-state index in [1.54, 1.807) is 18.3 Å². The summed E-state index contributed by atoms with van der Waals surface area (Å²) in [4.78, 5) is 8.83. The molecule has 2 N–H and O–H groups in total. The SMILES string of the molecule is CCCCC#Cc1cnc(Nc2ccc(C#N)cc2)nc1NCC. The fourth-order valence-electron chi connectivity index (χ4n) is 2.02. The second kappa shape index (κ2) is 9.17. The standard InChI is InChI=1S/C19H21N5/c1-3-5-6-7-8-16-14-22-19(24-18(16)21-4-2)23-17-11-9-15(13-20)10-12-17/h9-12,14H,3-6H2,1-2H3,(H2,21,22,23,24). The van der Waals surface area contributed by atoms with Crippen LogP contribution in [0.2, 0.25) is 0 Å². The average molecular weight is 319 g/mol. The summed E-state index contributed by atoms with van der Waals surface area (Å²) in [5.41, 5.74) is 2.25. The topological polar surface area (TPSA) is 73.6 Å². The molecule has 122 valence electrons. The predicted octanol–water partition coefficient (Wildman–Crippen LogP) is 4.07. The van der Waals surface area contributed by atoms with Gasteiger partial charge >= 0.3 is 0 Å². The molecule has 0 fully saturated rings. The van der Waals surface area contributed by atoms with Crippen LogP contribution in [0.1, 0.15) is 44.2 Å². The van der Waals surface area contributed by atoms with Gasteiger partial charge in [-0.25, -0.2) is 4.98 Å². The summed E-state index contributed by atoms with van der Waals surface area (Å²) in [5, 5.41) is 15.2. The van der Waals surface area contributed by atoms with Crippen molar-refractivity contribution in [1.29, 1.82) is 5.26 Å². The summed E-state index contributed by atoms with van der Waals surface area (Å²) >= 11 is 0. The van der Waals surface area contributed by atoms with Gasteiger partial charge in [-0.1, -0.05) is 25.2 Å². The van der Waals surface area contributed by atoms with Gasteiger partial charge in [0.25, 0.3) is 0 Å². The van der Waals surface area contributed by atoms with Gasteiger partial charge in [0.1, 0.15) is 5.82 Å². The normalized spacial score (nSPS) is 9.54. The Bertz CT molecular complexity index is 763. The molecule has 0 radical (unpaired) electrons. The lowest BCUT2D eigenvalue weighted by molar-refractivity contribution is 0.828. The summed E-state index contributed by atoms with van der Waals surface area (Å²) < 4.78 is 0. The molecule has 0 aliphatic heterocycles. The number of nitrogens with one attached hydrogen (secondary N) is 2. The zero-order valence-corrected chi connectivity index (χ0v) is 14.1. The van der Waals surface area contributed by atoms with E-state index >= 15 is 0 Å². The van der Waals surface area contributed by atoms with E-state index in [1.807, 2.05) is 19.1 Å². The molecule has 1 aromatic heterocycles. The van der Waals surface area contributed by atoms with Crippen LogP contribution in [0, 0.1) is 23.2 Å². The Morgan fingerprint density at radius 3 is 2.62 bits per heavy atom. The first-order valence-corrected chi connectivity index (χ1v) is 8.13. The third kappa shape index (κ3) is 5.00. The number of hydrogen-bond acceptors (Lipinski definition) is 5. The van der Waals surface area contributed by atoms with E-state index in [2.05, 4.69) is 45.4 Å². The fraction of sp³-hybridized carbons (Fsp3) is 0.316. The van der Waals surface area contributed by atoms with E-state index in [9.17, 15) is 0 Å². The molecule has 2 rings (SSSR count). The number of aromatic nitrogens is 2. The van der Waals surface area contributed by atoms with E-state index in [-0.39, 0.29) is 0 Å². The third-order valence-corrected chi connectivity index (χ3v) is 3.28. The number of benzene rings is 1. The highest BCUT2D eigenvalue weighted by Gasteiger charge is 2.05. The van der Waals surface area contributed by atoms with Crippen molar-refractivity contribution in [1.82, 2.24) is 9.97 Å². The number of hydrogen-bond donors (Lipinski definition) is 2. The Morgan fingerprint density at radius 2 is 1.96 bits per heavy atom. The van der Waals surface area contributed by atoms with Crippen molar-refractivity contribution in [2.75, 3.05) is 17.2 Å². The Labute approximate surface area is 143 Å². The van der Waals surface area contributed by atoms with Crippen molar-refractivity contribution in [3.8, 4) is 17.9 Å². The van der Waals surface area contributed by atoms with Gasteiger partial charge in [-0.15, -0.1) is 0 Å². The molecule has 0 amide bonds. The molecule has 1 heterocycles. The van der Waals surface area contributed by atoms with Gasteiger partial charge in [-0.05, 0) is 37.6 Å². The molecule has 1 aromatic carbocycles. The van der Waals surface area contributed by atoms with Crippen molar-refractivity contribution < 1.29 is 0 Å². The molecular weight excluding hydrogens is 298 g/mol. The molecular formula is C19H21N5. The second-order valence-corrected chi connectivity index (χ2v) is 5.21. The molecule has 0 saturated heterocycles. The van der Waals surface area contributed by atoms with Crippen LogP contribution in [0.3, 0.4) is 0 Å². The van der Waals surface area contributed by atoms with Crippen LogP contribution in [0.4, 0.5) is 17.5 Å². The highest BCUT2D eigenvalue weighted by Crippen LogP contribution is 2.17. The number of anilines is 3. The molecule has 0 spiro atoms. The number of unbranched alkanes of at least 4 members (excludes halogenated alkanes) is 2. The molecule has 0 aliphatic carbocycles. The van der Waals surface area contributed by atoms with Crippen LogP contribution in [-0.4, -0.2) is 16.5 Å². The lowest BCUT2D eigenvalue weighted by Gasteiger charge is -2.09. The van der Waals surface area contributed by atoms with E-state index in [0.717, 1.165) is 42.9 Å². The number of nitrogens with zero attached hydrogens (tertiary/aromatic N) is 3. The van der Waals surface area contributed by atoms with E-state index in [4.69, 9.17) is 5.26 Å². The Hall–Kier alpha value is -3.05. The van der Waals surface area contributed by atoms with Crippen molar-refractivity contribution in [2.45, 2.75) is 33.1 Å². The summed E-state index contributed by atoms with van der Waals surface area (Å²) in [5.74, 6) is 7.52. The number of rotatable bonds is 6. The zero-order chi connectivity index (χ0) is 17.2. The average Bonchev–Trinajstić information content (AvgIpc) is 2.61. The summed E-state index contributed by atoms with van der Waals surface area (Å²) in [6.45, 7) is 4.93. The van der Waals surface area contributed by atoms with Crippen molar-refractivity contribution >= 4 is 17.5 Å². The highest BCUT2D eigenvalue weighted by atomic mass is 15.1. The summed E-state index contributed by atoms with van der Waals surface area (Å²) in [6, 6.07) is 9.25. The van der Waals surface area contributed by atoms with Crippen molar-refractivity contribution in [2.24, 2.45) is 0 Å². The van der Waals surface area contributed by atoms with Crippen LogP contribution in [0.25, 0.3) is 0 Å². The van der Waals surface area contributed by atoms with Crippen molar-refractivity contribution in [3.63, 3.8) is 0 Å². The van der Waals surface area contributed by atoms with Crippen LogP contribution >= 0.6 is 0 Å². The molecule has 0 bridgehead atoms. The summed E-state index contributed by atoms with van der Waals surface area (Å²) in [7, 11) is 0. The maximum atomic E-state index is 8.83. The quantitative estimate of drug-likeness (QED) is 0.620. The lowest BCUT2D eigenvalue weighted by Crippen LogP contribution is -2.06. The minimum absolute atomic E-state index is 0.495. The Balaban J connectivity index is 2.17. The zero-order valence-electron chi connectivity index (χ0n) is 14.1. The minimum Gasteiger partial charge on any atom is -0.369 e. The second-order valence-electron chi connectivity index (χ2n) is 5.21. The van der Waals surface area contributed by atoms with Crippen molar-refractivity contribution in [3.05, 3.63) is 41.6 Å². The largest absolute Gasteiger partial charge is 0.369 e. The van der Waals surface area contributed by atoms with Crippen LogP contribution in [0.5, 0.6) is 0 Å². The smallest absolute Gasteiger partial charge is 0.229 e. The first kappa shape index (κ1) is 17.3. The number of nitriles is 1. The first-order chi connectivity index (χ1) is 11.8. The van der Waals surface area contributed by atoms with Gasteiger partial charge in [-0.3, -0.25) is 0 Å². The fourth-order valence-corrected chi connectivity index (χ4v) is 2.02. The van der Waals surface area contributed by atoms with Gasteiger partial charge in [0.2, 0.25) is 5.95 Å². The monoisotopic (exact) mass is 319 g/mol. The highest BCUT2D eigenvalue weighted by molar-refractivity contribution is 5.60. The molecule has 5 nitrogen and oxygen atoms in total. The van der Waals surface area contributed by atoms with Gasteiger partial charge in [-0.2, -0.15) is 10.2 Å². The van der Waals surface area contributed by atoms with Gasteiger partial charge < -0.3 is 10.6 Å². The van der Waals surface area contributed by atoms with E-state index in [0.29, 0.717) is 11.5 Å². The Morgan fingerprint density at radius 1 is 1.17 bits per heavy atom. The molecule has 2 aromatic rings. The van der Waals surface area contributed by atoms with E-state index < -0.39 is 0 Å². The third-order valence-electron chi connectivity index (χ3n) is 3.28. The minimum atomic E-state index is 0.495. The summed E-state index contributed by atoms with van der Waals surface area (Å²) in [6.07, 6.45) is 4.85. The molecule has 0 atom stereocenters.